The Labute approximate surface area is 128 Å². The smallest absolute Gasteiger partial charge is 0.377 e. The lowest BCUT2D eigenvalue weighted by Gasteiger charge is -2.28. The van der Waals surface area contributed by atoms with Gasteiger partial charge in [0.2, 0.25) is 0 Å². The zero-order valence-corrected chi connectivity index (χ0v) is 14.0. The molecule has 0 unspecified atom stereocenters. The van der Waals surface area contributed by atoms with Crippen molar-refractivity contribution in [1.29, 1.82) is 0 Å². The molecule has 0 aliphatic rings. The Morgan fingerprint density at radius 3 is 2.09 bits per heavy atom. The van der Waals surface area contributed by atoms with E-state index < -0.39 is 32.1 Å². The van der Waals surface area contributed by atoms with Gasteiger partial charge in [-0.15, -0.1) is 0 Å². The van der Waals surface area contributed by atoms with Gasteiger partial charge in [-0.2, -0.15) is 0 Å². The summed E-state index contributed by atoms with van der Waals surface area (Å²) < 4.78 is 69.1. The van der Waals surface area contributed by atoms with Gasteiger partial charge < -0.3 is 13.3 Å². The number of benzene rings is 1. The monoisotopic (exact) mass is 340 g/mol. The molecule has 0 fully saturated rings. The zero-order chi connectivity index (χ0) is 16.9. The second kappa shape index (κ2) is 8.05. The fraction of sp³-hybridized carbons (Fsp3) is 0.571. The third-order valence-corrected chi connectivity index (χ3v) is 6.18. The first-order chi connectivity index (χ1) is 10.3. The van der Waals surface area contributed by atoms with Crippen molar-refractivity contribution >= 4 is 8.80 Å². The molecule has 0 N–H and O–H groups in total. The molecular formula is C14H20F4O3Si. The molecule has 0 aliphatic carbocycles. The first-order valence-corrected chi connectivity index (χ1v) is 8.79. The van der Waals surface area contributed by atoms with E-state index in [9.17, 15) is 17.6 Å². The van der Waals surface area contributed by atoms with Crippen molar-refractivity contribution in [3.63, 3.8) is 0 Å². The maximum absolute atomic E-state index is 13.6. The standard InChI is InChI=1S/C14H20F4O3Si/c1-9(2)21-22(19-3,20-4)7-5-6-10-8-11(15)13(17)14(18)12(10)16/h8-9H,5-7H2,1-4H3. The Balaban J connectivity index is 2.78. The van der Waals surface area contributed by atoms with Crippen LogP contribution in [-0.4, -0.2) is 29.1 Å². The van der Waals surface area contributed by atoms with Gasteiger partial charge in [0.25, 0.3) is 0 Å². The van der Waals surface area contributed by atoms with Crippen molar-refractivity contribution in [2.75, 3.05) is 14.2 Å². The summed E-state index contributed by atoms with van der Waals surface area (Å²) in [7, 11) is 0.00867. The minimum Gasteiger partial charge on any atom is -0.377 e. The van der Waals surface area contributed by atoms with E-state index >= 15 is 0 Å². The quantitative estimate of drug-likeness (QED) is 0.311. The third kappa shape index (κ3) is 4.51. The van der Waals surface area contributed by atoms with Crippen LogP contribution in [0.25, 0.3) is 0 Å². The lowest BCUT2D eigenvalue weighted by molar-refractivity contribution is 0.0695. The summed E-state index contributed by atoms with van der Waals surface area (Å²) >= 11 is 0. The van der Waals surface area contributed by atoms with Crippen LogP contribution in [-0.2, 0) is 19.7 Å². The number of hydrogen-bond acceptors (Lipinski definition) is 3. The molecule has 0 bridgehead atoms. The van der Waals surface area contributed by atoms with Crippen molar-refractivity contribution < 1.29 is 30.8 Å². The summed E-state index contributed by atoms with van der Waals surface area (Å²) in [4.78, 5) is 0. The van der Waals surface area contributed by atoms with Crippen molar-refractivity contribution in [1.82, 2.24) is 0 Å². The number of aryl methyl sites for hydroxylation is 1. The van der Waals surface area contributed by atoms with E-state index in [-0.39, 0.29) is 18.1 Å². The molecule has 1 rings (SSSR count). The van der Waals surface area contributed by atoms with Gasteiger partial charge in [0.15, 0.2) is 23.3 Å². The highest BCUT2D eigenvalue weighted by Crippen LogP contribution is 2.23. The van der Waals surface area contributed by atoms with Gasteiger partial charge >= 0.3 is 8.80 Å². The average molecular weight is 340 g/mol. The molecule has 0 saturated heterocycles. The van der Waals surface area contributed by atoms with Gasteiger partial charge in [0.1, 0.15) is 0 Å². The Kier molecular flexibility index (Phi) is 6.98. The molecule has 0 heterocycles. The Bertz CT molecular complexity index is 507. The summed E-state index contributed by atoms with van der Waals surface area (Å²) in [5.74, 6) is -6.38. The highest BCUT2D eigenvalue weighted by Gasteiger charge is 2.39. The predicted molar refractivity (Wildman–Crippen MR) is 75.4 cm³/mol. The second-order valence-corrected chi connectivity index (χ2v) is 7.99. The summed E-state index contributed by atoms with van der Waals surface area (Å²) in [6.07, 6.45) is 0.217. The van der Waals surface area contributed by atoms with Crippen LogP contribution in [0.5, 0.6) is 0 Å². The Hall–Kier alpha value is -0.963. The van der Waals surface area contributed by atoms with Crippen molar-refractivity contribution in [3.8, 4) is 0 Å². The molecule has 0 amide bonds. The van der Waals surface area contributed by atoms with E-state index in [4.69, 9.17) is 13.3 Å². The van der Waals surface area contributed by atoms with E-state index in [1.165, 1.54) is 14.2 Å². The van der Waals surface area contributed by atoms with Gasteiger partial charge in [-0.3, -0.25) is 0 Å². The van der Waals surface area contributed by atoms with E-state index in [0.717, 1.165) is 0 Å². The molecule has 0 aliphatic heterocycles. The molecule has 0 aromatic heterocycles. The van der Waals surface area contributed by atoms with Gasteiger partial charge in [0, 0.05) is 26.4 Å². The third-order valence-electron chi connectivity index (χ3n) is 3.14. The minimum atomic E-state index is -2.90. The van der Waals surface area contributed by atoms with Crippen LogP contribution in [0.1, 0.15) is 25.8 Å². The summed E-state index contributed by atoms with van der Waals surface area (Å²) in [6.45, 7) is 3.65. The largest absolute Gasteiger partial charge is 0.500 e. The molecule has 0 radical (unpaired) electrons. The fourth-order valence-corrected chi connectivity index (χ4v) is 4.31. The minimum absolute atomic E-state index is 0.0167. The normalized spacial score (nSPS) is 12.2. The van der Waals surface area contributed by atoms with Gasteiger partial charge in [-0.05, 0) is 38.3 Å². The van der Waals surface area contributed by atoms with Crippen LogP contribution >= 0.6 is 0 Å². The molecule has 8 heteroatoms. The van der Waals surface area contributed by atoms with Crippen molar-refractivity contribution in [2.24, 2.45) is 0 Å². The summed E-state index contributed by atoms with van der Waals surface area (Å²) in [5.41, 5.74) is -0.226. The van der Waals surface area contributed by atoms with Crippen LogP contribution in [0.4, 0.5) is 17.6 Å². The van der Waals surface area contributed by atoms with Crippen LogP contribution in [0.3, 0.4) is 0 Å². The lowest BCUT2D eigenvalue weighted by Crippen LogP contribution is -2.45. The van der Waals surface area contributed by atoms with Crippen molar-refractivity contribution in [2.45, 2.75) is 38.8 Å². The Morgan fingerprint density at radius 2 is 1.59 bits per heavy atom. The maximum Gasteiger partial charge on any atom is 0.500 e. The summed E-state index contributed by atoms with van der Waals surface area (Å²) in [5, 5.41) is 0. The molecule has 1 aromatic carbocycles. The molecule has 3 nitrogen and oxygen atoms in total. The molecule has 126 valence electrons. The first kappa shape index (κ1) is 19.1. The van der Waals surface area contributed by atoms with Crippen molar-refractivity contribution in [3.05, 3.63) is 34.9 Å². The second-order valence-electron chi connectivity index (χ2n) is 5.07. The topological polar surface area (TPSA) is 27.7 Å². The van der Waals surface area contributed by atoms with E-state index in [0.29, 0.717) is 18.5 Å². The van der Waals surface area contributed by atoms with Crippen LogP contribution in [0, 0.1) is 23.3 Å². The van der Waals surface area contributed by atoms with E-state index in [2.05, 4.69) is 0 Å². The lowest BCUT2D eigenvalue weighted by atomic mass is 10.1. The van der Waals surface area contributed by atoms with Gasteiger partial charge in [-0.25, -0.2) is 17.6 Å². The molecule has 0 saturated carbocycles. The Morgan fingerprint density at radius 1 is 1.00 bits per heavy atom. The number of rotatable bonds is 8. The van der Waals surface area contributed by atoms with Crippen LogP contribution in [0.15, 0.2) is 6.07 Å². The van der Waals surface area contributed by atoms with E-state index in [1.54, 1.807) is 0 Å². The molecule has 0 spiro atoms. The molecular weight excluding hydrogens is 320 g/mol. The van der Waals surface area contributed by atoms with Crippen LogP contribution in [0.2, 0.25) is 6.04 Å². The van der Waals surface area contributed by atoms with E-state index in [1.807, 2.05) is 13.8 Å². The average Bonchev–Trinajstić information content (AvgIpc) is 2.48. The molecule has 1 aromatic rings. The highest BCUT2D eigenvalue weighted by molar-refractivity contribution is 6.60. The number of halogens is 4. The summed E-state index contributed by atoms with van der Waals surface area (Å²) in [6, 6.07) is 1.01. The fourth-order valence-electron chi connectivity index (χ4n) is 2.10. The maximum atomic E-state index is 13.6. The highest BCUT2D eigenvalue weighted by atomic mass is 28.4. The number of hydrogen-bond donors (Lipinski definition) is 0. The predicted octanol–water partition coefficient (Wildman–Crippen LogP) is 3.83. The zero-order valence-electron chi connectivity index (χ0n) is 13.0. The molecule has 0 atom stereocenters. The van der Waals surface area contributed by atoms with Gasteiger partial charge in [0.05, 0.1) is 0 Å². The van der Waals surface area contributed by atoms with Crippen LogP contribution < -0.4 is 0 Å². The van der Waals surface area contributed by atoms with Gasteiger partial charge in [-0.1, -0.05) is 0 Å². The SMILES string of the molecule is CO[Si](CCCc1cc(F)c(F)c(F)c1F)(OC)OC(C)C. The molecule has 22 heavy (non-hydrogen) atoms. The first-order valence-electron chi connectivity index (χ1n) is 6.86.